The van der Waals surface area contributed by atoms with Crippen molar-refractivity contribution in [2.45, 2.75) is 43.7 Å². The highest BCUT2D eigenvalue weighted by molar-refractivity contribution is 7.92. The van der Waals surface area contributed by atoms with E-state index in [0.717, 1.165) is 22.7 Å². The monoisotopic (exact) mass is 711 g/mol. The molecule has 4 aromatic rings. The summed E-state index contributed by atoms with van der Waals surface area (Å²) in [6, 6.07) is 25.7. The molecule has 0 bridgehead atoms. The number of carbonyl (C=O) groups excluding carboxylic acids is 2. The lowest BCUT2D eigenvalue weighted by Crippen LogP contribution is -2.53. The molecule has 0 radical (unpaired) electrons. The molecule has 4 rings (SSSR count). The maximum absolute atomic E-state index is 14.6. The lowest BCUT2D eigenvalue weighted by Gasteiger charge is -2.34. The summed E-state index contributed by atoms with van der Waals surface area (Å²) in [4.78, 5) is 29.7. The molecular formula is C36H39Cl2N3O6S. The molecule has 254 valence electrons. The molecule has 48 heavy (non-hydrogen) atoms. The maximum Gasteiger partial charge on any atom is 0.264 e. The summed E-state index contributed by atoms with van der Waals surface area (Å²) in [5.41, 5.74) is 1.77. The molecule has 0 fully saturated rings. The molecule has 0 saturated heterocycles. The van der Waals surface area contributed by atoms with Gasteiger partial charge in [0.15, 0.2) is 11.5 Å². The molecule has 0 aliphatic heterocycles. The smallest absolute Gasteiger partial charge is 0.264 e. The number of nitrogens with zero attached hydrogens (tertiary/aromatic N) is 2. The quantitative estimate of drug-likeness (QED) is 0.129. The lowest BCUT2D eigenvalue weighted by atomic mass is 10.0. The summed E-state index contributed by atoms with van der Waals surface area (Å²) in [5, 5.41) is 3.89. The largest absolute Gasteiger partial charge is 0.493 e. The summed E-state index contributed by atoms with van der Waals surface area (Å²) < 4.78 is 40.4. The minimum Gasteiger partial charge on any atom is -0.493 e. The van der Waals surface area contributed by atoms with E-state index < -0.39 is 28.5 Å². The Morgan fingerprint density at radius 1 is 0.812 bits per heavy atom. The van der Waals surface area contributed by atoms with Gasteiger partial charge < -0.3 is 19.7 Å². The predicted octanol–water partition coefficient (Wildman–Crippen LogP) is 6.76. The van der Waals surface area contributed by atoms with Crippen LogP contribution in [0.25, 0.3) is 0 Å². The van der Waals surface area contributed by atoms with Gasteiger partial charge in [0.05, 0.1) is 24.8 Å². The number of hydrogen-bond acceptors (Lipinski definition) is 6. The van der Waals surface area contributed by atoms with E-state index in [1.54, 1.807) is 36.4 Å². The standard InChI is InChI=1S/C36H39Cl2N3O6S/c1-4-5-21-39-36(43)32(22-26-9-7-6-8-10-26)40(24-27-11-13-28(37)14-12-27)35(42)25-41(30-17-15-29(38)16-18-30)48(44,45)31-19-20-33(46-2)34(23-31)47-3/h6-20,23,32H,4-5,21-22,24-25H2,1-3H3,(H,39,43). The van der Waals surface area contributed by atoms with Crippen molar-refractivity contribution >= 4 is 50.7 Å². The van der Waals surface area contributed by atoms with Crippen LogP contribution in [-0.2, 0) is 32.6 Å². The van der Waals surface area contributed by atoms with E-state index in [2.05, 4.69) is 5.32 Å². The molecule has 1 atom stereocenters. The van der Waals surface area contributed by atoms with E-state index in [4.69, 9.17) is 32.7 Å². The molecule has 0 aliphatic carbocycles. The minimum atomic E-state index is -4.36. The second-order valence-electron chi connectivity index (χ2n) is 11.0. The van der Waals surface area contributed by atoms with E-state index in [0.29, 0.717) is 27.9 Å². The number of methoxy groups -OCH3 is 2. The number of amides is 2. The van der Waals surface area contributed by atoms with Crippen molar-refractivity contribution in [2.24, 2.45) is 0 Å². The Labute approximate surface area is 292 Å². The van der Waals surface area contributed by atoms with Gasteiger partial charge in [-0.25, -0.2) is 8.42 Å². The van der Waals surface area contributed by atoms with E-state index in [9.17, 15) is 18.0 Å². The number of rotatable bonds is 16. The van der Waals surface area contributed by atoms with Crippen molar-refractivity contribution in [1.82, 2.24) is 10.2 Å². The first-order valence-electron chi connectivity index (χ1n) is 15.4. The number of ether oxygens (including phenoxy) is 2. The summed E-state index contributed by atoms with van der Waals surface area (Å²) in [7, 11) is -1.51. The summed E-state index contributed by atoms with van der Waals surface area (Å²) in [5.74, 6) is -0.375. The molecule has 2 amide bonds. The zero-order valence-corrected chi connectivity index (χ0v) is 29.4. The zero-order valence-electron chi connectivity index (χ0n) is 27.1. The van der Waals surface area contributed by atoms with E-state index >= 15 is 0 Å². The van der Waals surface area contributed by atoms with Gasteiger partial charge >= 0.3 is 0 Å². The normalized spacial score (nSPS) is 11.8. The fraction of sp³-hybridized carbons (Fsp3) is 0.278. The van der Waals surface area contributed by atoms with Crippen LogP contribution in [0.15, 0.2) is 102 Å². The third-order valence-electron chi connectivity index (χ3n) is 7.70. The van der Waals surface area contributed by atoms with Gasteiger partial charge in [-0.15, -0.1) is 0 Å². The average molecular weight is 713 g/mol. The van der Waals surface area contributed by atoms with Crippen LogP contribution in [0, 0.1) is 0 Å². The summed E-state index contributed by atoms with van der Waals surface area (Å²) in [6.45, 7) is 1.88. The van der Waals surface area contributed by atoms with Gasteiger partial charge in [0, 0.05) is 35.6 Å². The molecule has 0 aromatic heterocycles. The van der Waals surface area contributed by atoms with Gasteiger partial charge in [-0.2, -0.15) is 0 Å². The highest BCUT2D eigenvalue weighted by Crippen LogP contribution is 2.33. The van der Waals surface area contributed by atoms with E-state index in [1.807, 2.05) is 37.3 Å². The first kappa shape index (κ1) is 36.6. The van der Waals surface area contributed by atoms with Crippen molar-refractivity contribution in [1.29, 1.82) is 0 Å². The lowest BCUT2D eigenvalue weighted by molar-refractivity contribution is -0.140. The Bertz CT molecular complexity index is 1770. The topological polar surface area (TPSA) is 105 Å². The number of hydrogen-bond donors (Lipinski definition) is 1. The van der Waals surface area contributed by atoms with Crippen LogP contribution in [-0.4, -0.2) is 58.5 Å². The molecule has 4 aromatic carbocycles. The fourth-order valence-electron chi connectivity index (χ4n) is 5.09. The van der Waals surface area contributed by atoms with Crippen LogP contribution in [0.2, 0.25) is 10.0 Å². The molecular weight excluding hydrogens is 673 g/mol. The Kier molecular flexibility index (Phi) is 13.1. The number of anilines is 1. The Morgan fingerprint density at radius 2 is 1.44 bits per heavy atom. The number of nitrogens with one attached hydrogen (secondary N) is 1. The van der Waals surface area contributed by atoms with Crippen LogP contribution >= 0.6 is 23.2 Å². The van der Waals surface area contributed by atoms with Gasteiger partial charge in [0.2, 0.25) is 11.8 Å². The van der Waals surface area contributed by atoms with Crippen LogP contribution in [0.5, 0.6) is 11.5 Å². The third-order valence-corrected chi connectivity index (χ3v) is 9.98. The van der Waals surface area contributed by atoms with Crippen LogP contribution < -0.4 is 19.1 Å². The number of sulfonamides is 1. The third kappa shape index (κ3) is 9.43. The molecule has 0 heterocycles. The number of halogens is 2. The SMILES string of the molecule is CCCCNC(=O)C(Cc1ccccc1)N(Cc1ccc(Cl)cc1)C(=O)CN(c1ccc(Cl)cc1)S(=O)(=O)c1ccc(OC)c(OC)c1. The molecule has 0 saturated carbocycles. The Balaban J connectivity index is 1.80. The fourth-order valence-corrected chi connectivity index (χ4v) is 6.77. The van der Waals surface area contributed by atoms with Gasteiger partial charge in [-0.05, 0) is 66.1 Å². The zero-order chi connectivity index (χ0) is 34.7. The minimum absolute atomic E-state index is 0.0273. The first-order chi connectivity index (χ1) is 23.1. The summed E-state index contributed by atoms with van der Waals surface area (Å²) >= 11 is 12.3. The molecule has 0 spiro atoms. The molecule has 9 nitrogen and oxygen atoms in total. The maximum atomic E-state index is 14.6. The Hall–Kier alpha value is -4.25. The van der Waals surface area contributed by atoms with E-state index in [-0.39, 0.29) is 35.2 Å². The van der Waals surface area contributed by atoms with Crippen molar-refractivity contribution < 1.29 is 27.5 Å². The second kappa shape index (κ2) is 17.2. The van der Waals surface area contributed by atoms with Crippen LogP contribution in [0.1, 0.15) is 30.9 Å². The van der Waals surface area contributed by atoms with Crippen molar-refractivity contribution in [3.63, 3.8) is 0 Å². The second-order valence-corrected chi connectivity index (χ2v) is 13.7. The van der Waals surface area contributed by atoms with Gasteiger partial charge in [-0.3, -0.25) is 13.9 Å². The van der Waals surface area contributed by atoms with E-state index in [1.165, 1.54) is 49.5 Å². The molecule has 12 heteroatoms. The predicted molar refractivity (Wildman–Crippen MR) is 189 cm³/mol. The van der Waals surface area contributed by atoms with Crippen LogP contribution in [0.4, 0.5) is 5.69 Å². The Morgan fingerprint density at radius 3 is 2.04 bits per heavy atom. The highest BCUT2D eigenvalue weighted by Gasteiger charge is 2.35. The number of unbranched alkanes of at least 4 members (excludes halogenated alkanes) is 1. The highest BCUT2D eigenvalue weighted by atomic mass is 35.5. The number of benzene rings is 4. The van der Waals surface area contributed by atoms with Gasteiger partial charge in [0.1, 0.15) is 12.6 Å². The van der Waals surface area contributed by atoms with Crippen molar-refractivity contribution in [2.75, 3.05) is 31.6 Å². The van der Waals surface area contributed by atoms with Crippen molar-refractivity contribution in [3.05, 3.63) is 118 Å². The first-order valence-corrected chi connectivity index (χ1v) is 17.6. The molecule has 0 aliphatic rings. The molecule has 1 unspecified atom stereocenters. The van der Waals surface area contributed by atoms with Gasteiger partial charge in [-0.1, -0.05) is 79.0 Å². The summed E-state index contributed by atoms with van der Waals surface area (Å²) in [6.07, 6.45) is 1.85. The van der Waals surface area contributed by atoms with Crippen LogP contribution in [0.3, 0.4) is 0 Å². The molecule has 1 N–H and O–H groups in total. The van der Waals surface area contributed by atoms with Crippen molar-refractivity contribution in [3.8, 4) is 11.5 Å². The number of carbonyl (C=O) groups is 2. The average Bonchev–Trinajstić information content (AvgIpc) is 3.10. The van der Waals surface area contributed by atoms with Gasteiger partial charge in [0.25, 0.3) is 10.0 Å².